The van der Waals surface area contributed by atoms with E-state index >= 15 is 0 Å². The lowest BCUT2D eigenvalue weighted by Gasteiger charge is -2.32. The zero-order chi connectivity index (χ0) is 17.8. The van der Waals surface area contributed by atoms with E-state index in [0.29, 0.717) is 18.2 Å². The van der Waals surface area contributed by atoms with Crippen LogP contribution in [0.4, 0.5) is 11.5 Å². The van der Waals surface area contributed by atoms with Crippen molar-refractivity contribution in [3.8, 4) is 0 Å². The van der Waals surface area contributed by atoms with Crippen LogP contribution in [0.5, 0.6) is 0 Å². The largest absolute Gasteiger partial charge is 0.356 e. The minimum atomic E-state index is -0.0817. The van der Waals surface area contributed by atoms with Gasteiger partial charge in [-0.1, -0.05) is 19.1 Å². The van der Waals surface area contributed by atoms with E-state index < -0.39 is 0 Å². The van der Waals surface area contributed by atoms with Crippen LogP contribution in [0.25, 0.3) is 0 Å². The molecule has 0 N–H and O–H groups in total. The lowest BCUT2D eigenvalue weighted by molar-refractivity contribution is 0.0983. The highest BCUT2D eigenvalue weighted by Crippen LogP contribution is 2.23. The second kappa shape index (κ2) is 7.64. The summed E-state index contributed by atoms with van der Waals surface area (Å²) in [7, 11) is 0. The van der Waals surface area contributed by atoms with Crippen molar-refractivity contribution in [3.05, 3.63) is 47.9 Å². The summed E-state index contributed by atoms with van der Waals surface area (Å²) in [5.74, 6) is 1.43. The quantitative estimate of drug-likeness (QED) is 0.853. The molecule has 1 aromatic carbocycles. The molecule has 1 unspecified atom stereocenters. The smallest absolute Gasteiger partial charge is 0.277 e. The van der Waals surface area contributed by atoms with Gasteiger partial charge in [-0.3, -0.25) is 4.79 Å². The number of hydrogen-bond acceptors (Lipinski definition) is 4. The molecule has 1 aliphatic rings. The van der Waals surface area contributed by atoms with Gasteiger partial charge in [-0.25, -0.2) is 9.97 Å². The monoisotopic (exact) mass is 338 g/mol. The van der Waals surface area contributed by atoms with Crippen LogP contribution in [0, 0.1) is 12.8 Å². The summed E-state index contributed by atoms with van der Waals surface area (Å²) in [4.78, 5) is 25.7. The van der Waals surface area contributed by atoms with Crippen molar-refractivity contribution in [1.29, 1.82) is 0 Å². The molecule has 0 bridgehead atoms. The predicted molar refractivity (Wildman–Crippen MR) is 101 cm³/mol. The molecule has 0 spiro atoms. The van der Waals surface area contributed by atoms with E-state index in [0.717, 1.165) is 30.2 Å². The third-order valence-corrected chi connectivity index (χ3v) is 4.73. The number of amides is 1. The maximum atomic E-state index is 13.0. The standard InChI is InChI=1S/C20H26N4O/c1-4-24(17-9-5-7-15(2)11-17)20(25)18-12-19(22-14-21-18)23-10-6-8-16(3)13-23/h5,7,9,11-12,14,16H,4,6,8,10,13H2,1-3H3. The van der Waals surface area contributed by atoms with Gasteiger partial charge in [0.2, 0.25) is 0 Å². The fraction of sp³-hybridized carbons (Fsp3) is 0.450. The van der Waals surface area contributed by atoms with E-state index in [2.05, 4.69) is 21.8 Å². The van der Waals surface area contributed by atoms with Gasteiger partial charge in [0, 0.05) is 31.4 Å². The van der Waals surface area contributed by atoms with Crippen molar-refractivity contribution in [1.82, 2.24) is 9.97 Å². The molecular weight excluding hydrogens is 312 g/mol. The number of aromatic nitrogens is 2. The number of nitrogens with zero attached hydrogens (tertiary/aromatic N) is 4. The van der Waals surface area contributed by atoms with Gasteiger partial charge in [-0.15, -0.1) is 0 Å². The number of rotatable bonds is 4. The van der Waals surface area contributed by atoms with Crippen molar-refractivity contribution in [2.75, 3.05) is 29.4 Å². The van der Waals surface area contributed by atoms with E-state index in [9.17, 15) is 4.79 Å². The molecule has 3 rings (SSSR count). The summed E-state index contributed by atoms with van der Waals surface area (Å²) in [6.45, 7) is 8.85. The Hall–Kier alpha value is -2.43. The van der Waals surface area contributed by atoms with E-state index in [4.69, 9.17) is 0 Å². The molecule has 0 saturated carbocycles. The number of hydrogen-bond donors (Lipinski definition) is 0. The van der Waals surface area contributed by atoms with E-state index in [1.807, 2.05) is 44.2 Å². The van der Waals surface area contributed by atoms with Gasteiger partial charge in [0.05, 0.1) is 0 Å². The number of benzene rings is 1. The molecular formula is C20H26N4O. The summed E-state index contributed by atoms with van der Waals surface area (Å²) < 4.78 is 0. The number of aryl methyl sites for hydroxylation is 1. The van der Waals surface area contributed by atoms with E-state index in [-0.39, 0.29) is 5.91 Å². The summed E-state index contributed by atoms with van der Waals surface area (Å²) >= 11 is 0. The summed E-state index contributed by atoms with van der Waals surface area (Å²) in [5.41, 5.74) is 2.49. The van der Waals surface area contributed by atoms with Crippen LogP contribution in [0.2, 0.25) is 0 Å². The van der Waals surface area contributed by atoms with Crippen molar-refractivity contribution >= 4 is 17.4 Å². The van der Waals surface area contributed by atoms with Crippen LogP contribution in [-0.4, -0.2) is 35.5 Å². The van der Waals surface area contributed by atoms with Gasteiger partial charge in [0.1, 0.15) is 17.8 Å². The molecule has 5 heteroatoms. The SMILES string of the molecule is CCN(C(=O)c1cc(N2CCCC(C)C2)ncn1)c1cccc(C)c1. The molecule has 25 heavy (non-hydrogen) atoms. The Labute approximate surface area is 149 Å². The van der Waals surface area contributed by atoms with Gasteiger partial charge in [-0.05, 0) is 50.3 Å². The fourth-order valence-corrected chi connectivity index (χ4v) is 3.41. The number of anilines is 2. The minimum Gasteiger partial charge on any atom is -0.356 e. The Morgan fingerprint density at radius 3 is 2.88 bits per heavy atom. The molecule has 5 nitrogen and oxygen atoms in total. The van der Waals surface area contributed by atoms with E-state index in [1.165, 1.54) is 19.2 Å². The molecule has 132 valence electrons. The van der Waals surface area contributed by atoms with Gasteiger partial charge >= 0.3 is 0 Å². The molecule has 1 aliphatic heterocycles. The maximum Gasteiger partial charge on any atom is 0.277 e. The average molecular weight is 338 g/mol. The third-order valence-electron chi connectivity index (χ3n) is 4.73. The van der Waals surface area contributed by atoms with Crippen LogP contribution >= 0.6 is 0 Å². The Balaban J connectivity index is 1.85. The first-order valence-electron chi connectivity index (χ1n) is 9.04. The number of carbonyl (C=O) groups excluding carboxylic acids is 1. The van der Waals surface area contributed by atoms with Crippen LogP contribution in [0.3, 0.4) is 0 Å². The van der Waals surface area contributed by atoms with Crippen molar-refractivity contribution in [3.63, 3.8) is 0 Å². The average Bonchev–Trinajstić information content (AvgIpc) is 2.62. The fourth-order valence-electron chi connectivity index (χ4n) is 3.41. The lowest BCUT2D eigenvalue weighted by Crippen LogP contribution is -2.35. The maximum absolute atomic E-state index is 13.0. The topological polar surface area (TPSA) is 49.3 Å². The molecule has 2 heterocycles. The summed E-state index contributed by atoms with van der Waals surface area (Å²) in [6, 6.07) is 9.82. The summed E-state index contributed by atoms with van der Waals surface area (Å²) in [5, 5.41) is 0. The highest BCUT2D eigenvalue weighted by Gasteiger charge is 2.21. The van der Waals surface area contributed by atoms with Gasteiger partial charge in [-0.2, -0.15) is 0 Å². The predicted octanol–water partition coefficient (Wildman–Crippen LogP) is 3.69. The highest BCUT2D eigenvalue weighted by molar-refractivity contribution is 6.05. The first kappa shape index (κ1) is 17.4. The Morgan fingerprint density at radius 1 is 1.32 bits per heavy atom. The first-order chi connectivity index (χ1) is 12.1. The van der Waals surface area contributed by atoms with Gasteiger partial charge < -0.3 is 9.80 Å². The third kappa shape index (κ3) is 3.98. The van der Waals surface area contributed by atoms with Crippen molar-refractivity contribution in [2.24, 2.45) is 5.92 Å². The molecule has 1 fully saturated rings. The molecule has 1 aromatic heterocycles. The van der Waals surface area contributed by atoms with Crippen molar-refractivity contribution in [2.45, 2.75) is 33.6 Å². The van der Waals surface area contributed by atoms with Crippen LogP contribution in [0.1, 0.15) is 42.7 Å². The second-order valence-electron chi connectivity index (χ2n) is 6.84. The van der Waals surface area contributed by atoms with Crippen LogP contribution < -0.4 is 9.80 Å². The van der Waals surface area contributed by atoms with Crippen LogP contribution in [-0.2, 0) is 0 Å². The molecule has 1 saturated heterocycles. The molecule has 0 radical (unpaired) electrons. The van der Waals surface area contributed by atoms with Crippen molar-refractivity contribution < 1.29 is 4.79 Å². The Bertz CT molecular complexity index is 746. The van der Waals surface area contributed by atoms with Gasteiger partial charge in [0.15, 0.2) is 0 Å². The second-order valence-corrected chi connectivity index (χ2v) is 6.84. The zero-order valence-corrected chi connectivity index (χ0v) is 15.3. The zero-order valence-electron chi connectivity index (χ0n) is 15.3. The highest BCUT2D eigenvalue weighted by atomic mass is 16.2. The minimum absolute atomic E-state index is 0.0817. The normalized spacial score (nSPS) is 17.4. The van der Waals surface area contributed by atoms with Crippen LogP contribution in [0.15, 0.2) is 36.7 Å². The Kier molecular flexibility index (Phi) is 5.31. The summed E-state index contributed by atoms with van der Waals surface area (Å²) in [6.07, 6.45) is 3.93. The van der Waals surface area contributed by atoms with E-state index in [1.54, 1.807) is 4.90 Å². The first-order valence-corrected chi connectivity index (χ1v) is 9.04. The molecule has 0 aliphatic carbocycles. The molecule has 2 aromatic rings. The number of carbonyl (C=O) groups is 1. The van der Waals surface area contributed by atoms with Gasteiger partial charge in [0.25, 0.3) is 5.91 Å². The lowest BCUT2D eigenvalue weighted by atomic mass is 10.0. The number of piperidine rings is 1. The Morgan fingerprint density at radius 2 is 2.16 bits per heavy atom. The molecule has 1 atom stereocenters. The molecule has 1 amide bonds.